The lowest BCUT2D eigenvalue weighted by molar-refractivity contribution is -0.255. The van der Waals surface area contributed by atoms with Crippen molar-refractivity contribution >= 4 is 11.7 Å². The molecular weight excluding hydrogens is 317 g/mol. The van der Waals surface area contributed by atoms with Gasteiger partial charge in [-0.2, -0.15) is 0 Å². The smallest absolute Gasteiger partial charge is 0.128 e. The zero-order valence-corrected chi connectivity index (χ0v) is 13.7. The molecule has 3 nitrogen and oxygen atoms in total. The van der Waals surface area contributed by atoms with Crippen molar-refractivity contribution in [2.45, 2.75) is 31.2 Å². The fraction of sp³-hybridized carbons (Fsp3) is 0.381. The van der Waals surface area contributed by atoms with E-state index in [2.05, 4.69) is 5.32 Å². The van der Waals surface area contributed by atoms with Crippen LogP contribution in [0.1, 0.15) is 52.7 Å². The molecule has 5 rings (SSSR count). The predicted molar refractivity (Wildman–Crippen MR) is 90.6 cm³/mol. The first kappa shape index (κ1) is 14.9. The number of hydrogen-bond donors (Lipinski definition) is 1. The van der Waals surface area contributed by atoms with Gasteiger partial charge in [-0.25, -0.2) is 4.39 Å². The maximum Gasteiger partial charge on any atom is 0.128 e. The van der Waals surface area contributed by atoms with Crippen LogP contribution in [-0.2, 0) is 0 Å². The topological polar surface area (TPSA) is 52.2 Å². The number of aromatic carboxylic acids is 1. The van der Waals surface area contributed by atoms with Crippen LogP contribution in [0.5, 0.6) is 0 Å². The molecule has 5 atom stereocenters. The van der Waals surface area contributed by atoms with Crippen LogP contribution in [0.25, 0.3) is 0 Å². The Morgan fingerprint density at radius 1 is 1.08 bits per heavy atom. The SMILES string of the molecule is O=C([O-])c1ccc2c(c1)[C@H]1[C@H]3CC[C@@H](C3)[C@@H]1[C@@H](c1ccccc1F)N2. The summed E-state index contributed by atoms with van der Waals surface area (Å²) in [5.74, 6) is 0.461. The van der Waals surface area contributed by atoms with Gasteiger partial charge in [0.15, 0.2) is 0 Å². The molecule has 25 heavy (non-hydrogen) atoms. The third kappa shape index (κ3) is 2.13. The molecule has 3 aliphatic rings. The van der Waals surface area contributed by atoms with Gasteiger partial charge >= 0.3 is 0 Å². The normalized spacial score (nSPS) is 32.0. The number of nitrogens with one attached hydrogen (secondary N) is 1. The third-order valence-corrected chi connectivity index (χ3v) is 6.56. The Kier molecular flexibility index (Phi) is 3.18. The summed E-state index contributed by atoms with van der Waals surface area (Å²) in [5.41, 5.74) is 2.96. The van der Waals surface area contributed by atoms with E-state index < -0.39 is 5.97 Å². The van der Waals surface area contributed by atoms with Gasteiger partial charge in [0, 0.05) is 11.3 Å². The molecule has 2 fully saturated rings. The lowest BCUT2D eigenvalue weighted by atomic mass is 9.68. The standard InChI is InChI=1S/C21H20FNO2/c22-16-4-2-1-3-14(16)20-19-12-6-5-11(9-12)18(19)15-10-13(21(24)25)7-8-17(15)23-20/h1-4,7-8,10-12,18-20,23H,5-6,9H2,(H,24,25)/p-1/t11-,12-,18+,19-,20+/m0/s1. The van der Waals surface area contributed by atoms with Gasteiger partial charge < -0.3 is 15.2 Å². The minimum Gasteiger partial charge on any atom is -0.545 e. The number of anilines is 1. The molecule has 2 saturated carbocycles. The summed E-state index contributed by atoms with van der Waals surface area (Å²) in [4.78, 5) is 11.3. The van der Waals surface area contributed by atoms with E-state index in [9.17, 15) is 14.3 Å². The highest BCUT2D eigenvalue weighted by Crippen LogP contribution is 2.63. The Morgan fingerprint density at radius 3 is 2.68 bits per heavy atom. The summed E-state index contributed by atoms with van der Waals surface area (Å²) in [7, 11) is 0. The Bertz CT molecular complexity index is 865. The highest BCUT2D eigenvalue weighted by molar-refractivity contribution is 5.87. The number of rotatable bonds is 2. The summed E-state index contributed by atoms with van der Waals surface area (Å²) in [6.45, 7) is 0. The second kappa shape index (κ2) is 5.32. The molecule has 0 saturated heterocycles. The van der Waals surface area contributed by atoms with Crippen LogP contribution in [0.4, 0.5) is 10.1 Å². The van der Waals surface area contributed by atoms with Crippen LogP contribution in [-0.4, -0.2) is 5.97 Å². The van der Waals surface area contributed by atoms with Gasteiger partial charge in [0.2, 0.25) is 0 Å². The number of carboxylic acids is 1. The van der Waals surface area contributed by atoms with Crippen LogP contribution in [0.3, 0.4) is 0 Å². The van der Waals surface area contributed by atoms with E-state index >= 15 is 0 Å². The molecule has 0 radical (unpaired) electrons. The van der Waals surface area contributed by atoms with Crippen molar-refractivity contribution in [1.29, 1.82) is 0 Å². The molecule has 1 N–H and O–H groups in total. The van der Waals surface area contributed by atoms with Gasteiger partial charge in [0.1, 0.15) is 5.82 Å². The van der Waals surface area contributed by atoms with Crippen LogP contribution >= 0.6 is 0 Å². The first-order valence-corrected chi connectivity index (χ1v) is 8.99. The van der Waals surface area contributed by atoms with Crippen molar-refractivity contribution in [2.24, 2.45) is 17.8 Å². The first-order valence-electron chi connectivity index (χ1n) is 8.99. The Balaban J connectivity index is 1.65. The zero-order valence-electron chi connectivity index (χ0n) is 13.7. The van der Waals surface area contributed by atoms with Crippen molar-refractivity contribution in [3.05, 3.63) is 65.0 Å². The van der Waals surface area contributed by atoms with Crippen molar-refractivity contribution in [1.82, 2.24) is 0 Å². The van der Waals surface area contributed by atoms with Crippen molar-refractivity contribution < 1.29 is 14.3 Å². The molecule has 2 bridgehead atoms. The molecule has 0 amide bonds. The minimum atomic E-state index is -1.14. The van der Waals surface area contributed by atoms with E-state index in [4.69, 9.17) is 0 Å². The maximum absolute atomic E-state index is 14.5. The molecular formula is C21H19FNO2-. The summed E-state index contributed by atoms with van der Waals surface area (Å²) >= 11 is 0. The van der Waals surface area contributed by atoms with E-state index in [-0.39, 0.29) is 17.4 Å². The molecule has 0 unspecified atom stereocenters. The van der Waals surface area contributed by atoms with Crippen LogP contribution in [0.2, 0.25) is 0 Å². The van der Waals surface area contributed by atoms with E-state index in [0.717, 1.165) is 23.2 Å². The minimum absolute atomic E-state index is 0.0530. The molecule has 0 aromatic heterocycles. The predicted octanol–water partition coefficient (Wildman–Crippen LogP) is 3.49. The molecule has 1 heterocycles. The highest BCUT2D eigenvalue weighted by atomic mass is 19.1. The summed E-state index contributed by atoms with van der Waals surface area (Å²) in [6, 6.07) is 12.1. The van der Waals surface area contributed by atoms with Crippen LogP contribution < -0.4 is 10.4 Å². The lowest BCUT2D eigenvalue weighted by Crippen LogP contribution is -2.36. The molecule has 2 aromatic carbocycles. The molecule has 0 spiro atoms. The van der Waals surface area contributed by atoms with E-state index in [1.165, 1.54) is 18.9 Å². The number of fused-ring (bicyclic) bond motifs is 7. The first-order chi connectivity index (χ1) is 12.1. The Hall–Kier alpha value is -2.36. The fourth-order valence-electron chi connectivity index (χ4n) is 5.65. The van der Waals surface area contributed by atoms with E-state index in [1.807, 2.05) is 18.2 Å². The highest BCUT2D eigenvalue weighted by Gasteiger charge is 2.54. The molecule has 4 heteroatoms. The van der Waals surface area contributed by atoms with Gasteiger partial charge in [0.25, 0.3) is 0 Å². The summed E-state index contributed by atoms with van der Waals surface area (Å²) in [6.07, 6.45) is 3.54. The van der Waals surface area contributed by atoms with E-state index in [1.54, 1.807) is 18.2 Å². The monoisotopic (exact) mass is 336 g/mol. The van der Waals surface area contributed by atoms with Crippen LogP contribution in [0, 0.1) is 23.6 Å². The zero-order chi connectivity index (χ0) is 17.1. The number of hydrogen-bond acceptors (Lipinski definition) is 3. The van der Waals surface area contributed by atoms with Gasteiger partial charge in [-0.1, -0.05) is 24.3 Å². The third-order valence-electron chi connectivity index (χ3n) is 6.56. The van der Waals surface area contributed by atoms with Gasteiger partial charge in [0.05, 0.1) is 12.0 Å². The Morgan fingerprint density at radius 2 is 1.88 bits per heavy atom. The number of carboxylic acid groups (broad SMARTS) is 1. The average molecular weight is 336 g/mol. The number of benzene rings is 2. The number of carbonyl (C=O) groups excluding carboxylic acids is 1. The van der Waals surface area contributed by atoms with Gasteiger partial charge in [-0.15, -0.1) is 0 Å². The van der Waals surface area contributed by atoms with Crippen LogP contribution in [0.15, 0.2) is 42.5 Å². The number of halogens is 1. The summed E-state index contributed by atoms with van der Waals surface area (Å²) < 4.78 is 14.5. The van der Waals surface area contributed by atoms with Crippen molar-refractivity contribution in [2.75, 3.05) is 5.32 Å². The molecule has 2 aliphatic carbocycles. The second-order valence-corrected chi connectivity index (χ2v) is 7.67. The van der Waals surface area contributed by atoms with Crippen molar-refractivity contribution in [3.8, 4) is 0 Å². The molecule has 2 aromatic rings. The van der Waals surface area contributed by atoms with Crippen molar-refractivity contribution in [3.63, 3.8) is 0 Å². The molecule has 1 aliphatic heterocycles. The Labute approximate surface area is 145 Å². The molecule has 128 valence electrons. The van der Waals surface area contributed by atoms with E-state index in [0.29, 0.717) is 23.7 Å². The number of carbonyl (C=O) groups is 1. The van der Waals surface area contributed by atoms with Gasteiger partial charge in [-0.05, 0) is 72.3 Å². The fourth-order valence-corrected chi connectivity index (χ4v) is 5.65. The lowest BCUT2D eigenvalue weighted by Gasteiger charge is -2.43. The quantitative estimate of drug-likeness (QED) is 0.913. The largest absolute Gasteiger partial charge is 0.545 e. The maximum atomic E-state index is 14.5. The van der Waals surface area contributed by atoms with Gasteiger partial charge in [-0.3, -0.25) is 0 Å². The summed E-state index contributed by atoms with van der Waals surface area (Å²) in [5, 5.41) is 14.8. The average Bonchev–Trinajstić information content (AvgIpc) is 3.23. The second-order valence-electron chi connectivity index (χ2n) is 7.67.